The highest BCUT2D eigenvalue weighted by Gasteiger charge is 2.27. The summed E-state index contributed by atoms with van der Waals surface area (Å²) in [6, 6.07) is 10.9. The molecule has 6 heteroatoms. The molecular weight excluding hydrogens is 337 g/mol. The maximum Gasteiger partial charge on any atom is 0.206 e. The molecule has 2 aromatic rings. The molecule has 0 aliphatic heterocycles. The van der Waals surface area contributed by atoms with Crippen LogP contribution in [0.1, 0.15) is 29.9 Å². The van der Waals surface area contributed by atoms with Crippen LogP contribution in [-0.2, 0) is 16.3 Å². The summed E-state index contributed by atoms with van der Waals surface area (Å²) in [6.45, 7) is 0.384. The standard InChI is InChI=1S/C17H18FNO2S.ClH/c18-16-10-15(22(20,21)14-7-2-1-3-8-14)9-12-5-4-6-13(11-19)17(12)16;/h1-3,7-10,13H,4-6,11,19H2;1H/t13-;/m0./s1. The van der Waals surface area contributed by atoms with Crippen LogP contribution in [0.3, 0.4) is 0 Å². The Morgan fingerprint density at radius 1 is 1.13 bits per heavy atom. The topological polar surface area (TPSA) is 60.2 Å². The number of sulfone groups is 1. The Morgan fingerprint density at radius 2 is 1.83 bits per heavy atom. The molecule has 1 aliphatic rings. The summed E-state index contributed by atoms with van der Waals surface area (Å²) in [6.07, 6.45) is 2.45. The Morgan fingerprint density at radius 3 is 2.48 bits per heavy atom. The number of benzene rings is 2. The lowest BCUT2D eigenvalue weighted by Crippen LogP contribution is -2.20. The molecule has 0 amide bonds. The third-order valence-corrected chi connectivity index (χ3v) is 5.99. The van der Waals surface area contributed by atoms with Crippen LogP contribution in [0.2, 0.25) is 0 Å². The van der Waals surface area contributed by atoms with Crippen molar-refractivity contribution < 1.29 is 12.8 Å². The van der Waals surface area contributed by atoms with E-state index in [1.54, 1.807) is 24.3 Å². The second-order valence-corrected chi connectivity index (χ2v) is 7.57. The molecular formula is C17H19ClFNO2S. The van der Waals surface area contributed by atoms with Gasteiger partial charge in [0.15, 0.2) is 0 Å². The molecule has 0 fully saturated rings. The fourth-order valence-corrected chi connectivity index (χ4v) is 4.46. The first kappa shape index (κ1) is 17.9. The van der Waals surface area contributed by atoms with E-state index in [1.165, 1.54) is 12.1 Å². The third kappa shape index (κ3) is 3.27. The monoisotopic (exact) mass is 355 g/mol. The summed E-state index contributed by atoms with van der Waals surface area (Å²) in [5.74, 6) is -0.473. The highest BCUT2D eigenvalue weighted by atomic mass is 35.5. The van der Waals surface area contributed by atoms with Crippen molar-refractivity contribution in [1.29, 1.82) is 0 Å². The average Bonchev–Trinajstić information content (AvgIpc) is 2.54. The van der Waals surface area contributed by atoms with Gasteiger partial charge < -0.3 is 5.73 Å². The second kappa shape index (κ2) is 6.99. The van der Waals surface area contributed by atoms with Crippen LogP contribution in [0, 0.1) is 5.82 Å². The zero-order chi connectivity index (χ0) is 15.7. The van der Waals surface area contributed by atoms with Gasteiger partial charge in [0.2, 0.25) is 9.84 Å². The predicted molar refractivity (Wildman–Crippen MR) is 90.3 cm³/mol. The van der Waals surface area contributed by atoms with E-state index >= 15 is 0 Å². The molecule has 0 saturated carbocycles. The predicted octanol–water partition coefficient (Wildman–Crippen LogP) is 3.46. The van der Waals surface area contributed by atoms with Crippen molar-refractivity contribution >= 4 is 22.2 Å². The minimum Gasteiger partial charge on any atom is -0.330 e. The van der Waals surface area contributed by atoms with Gasteiger partial charge in [-0.25, -0.2) is 12.8 Å². The van der Waals surface area contributed by atoms with Crippen molar-refractivity contribution in [2.45, 2.75) is 35.0 Å². The summed E-state index contributed by atoms with van der Waals surface area (Å²) in [5, 5.41) is 0. The van der Waals surface area contributed by atoms with E-state index in [-0.39, 0.29) is 28.1 Å². The van der Waals surface area contributed by atoms with Crippen LogP contribution >= 0.6 is 12.4 Å². The normalized spacial score (nSPS) is 17.2. The van der Waals surface area contributed by atoms with Crippen molar-refractivity contribution in [3.63, 3.8) is 0 Å². The lowest BCUT2D eigenvalue weighted by atomic mass is 9.82. The number of rotatable bonds is 3. The first-order valence-corrected chi connectivity index (χ1v) is 8.85. The average molecular weight is 356 g/mol. The van der Waals surface area contributed by atoms with E-state index in [0.717, 1.165) is 24.5 Å². The SMILES string of the molecule is Cl.NC[C@@H]1CCCc2cc(S(=O)(=O)c3ccccc3)cc(F)c21. The molecule has 0 bridgehead atoms. The van der Waals surface area contributed by atoms with Gasteiger partial charge in [-0.3, -0.25) is 0 Å². The van der Waals surface area contributed by atoms with Crippen molar-refractivity contribution in [2.75, 3.05) is 6.54 Å². The van der Waals surface area contributed by atoms with E-state index in [1.807, 2.05) is 0 Å². The van der Waals surface area contributed by atoms with Crippen molar-refractivity contribution in [1.82, 2.24) is 0 Å². The van der Waals surface area contributed by atoms with E-state index < -0.39 is 15.7 Å². The van der Waals surface area contributed by atoms with Crippen LogP contribution < -0.4 is 5.73 Å². The summed E-state index contributed by atoms with van der Waals surface area (Å²) in [7, 11) is -3.69. The number of hydrogen-bond donors (Lipinski definition) is 1. The zero-order valence-corrected chi connectivity index (χ0v) is 14.2. The highest BCUT2D eigenvalue weighted by molar-refractivity contribution is 7.91. The molecule has 0 spiro atoms. The number of fused-ring (bicyclic) bond motifs is 1. The first-order valence-electron chi connectivity index (χ1n) is 7.36. The Hall–Kier alpha value is -1.43. The van der Waals surface area contributed by atoms with Crippen LogP contribution in [0.15, 0.2) is 52.3 Å². The van der Waals surface area contributed by atoms with E-state index in [2.05, 4.69) is 0 Å². The molecule has 23 heavy (non-hydrogen) atoms. The maximum atomic E-state index is 14.5. The molecule has 2 aromatic carbocycles. The molecule has 2 N–H and O–H groups in total. The maximum absolute atomic E-state index is 14.5. The van der Waals surface area contributed by atoms with Gasteiger partial charge in [0, 0.05) is 0 Å². The van der Waals surface area contributed by atoms with Gasteiger partial charge in [-0.1, -0.05) is 18.2 Å². The molecule has 0 saturated heterocycles. The molecule has 1 atom stereocenters. The zero-order valence-electron chi connectivity index (χ0n) is 12.5. The molecule has 3 nitrogen and oxygen atoms in total. The Balaban J connectivity index is 0.00000192. The van der Waals surface area contributed by atoms with Gasteiger partial charge in [0.1, 0.15) is 5.82 Å². The van der Waals surface area contributed by atoms with Gasteiger partial charge in [-0.2, -0.15) is 0 Å². The summed E-state index contributed by atoms with van der Waals surface area (Å²) in [4.78, 5) is 0.202. The van der Waals surface area contributed by atoms with Gasteiger partial charge >= 0.3 is 0 Å². The lowest BCUT2D eigenvalue weighted by molar-refractivity contribution is 0.509. The Bertz CT molecular complexity index is 794. The minimum absolute atomic E-state index is 0. The van der Waals surface area contributed by atoms with Crippen LogP contribution in [-0.4, -0.2) is 15.0 Å². The summed E-state index contributed by atoms with van der Waals surface area (Å²) in [5.41, 5.74) is 7.09. The van der Waals surface area contributed by atoms with Crippen molar-refractivity contribution in [3.05, 3.63) is 59.4 Å². The van der Waals surface area contributed by atoms with Crippen LogP contribution in [0.4, 0.5) is 4.39 Å². The lowest BCUT2D eigenvalue weighted by Gasteiger charge is -2.25. The third-order valence-electron chi connectivity index (χ3n) is 4.24. The number of nitrogens with two attached hydrogens (primary N) is 1. The molecule has 124 valence electrons. The van der Waals surface area contributed by atoms with E-state index in [0.29, 0.717) is 18.5 Å². The fraction of sp³-hybridized carbons (Fsp3) is 0.294. The minimum atomic E-state index is -3.69. The molecule has 0 radical (unpaired) electrons. The molecule has 0 heterocycles. The number of halogens is 2. The number of hydrogen-bond acceptors (Lipinski definition) is 3. The summed E-state index contributed by atoms with van der Waals surface area (Å²) < 4.78 is 39.8. The second-order valence-electron chi connectivity index (χ2n) is 5.62. The summed E-state index contributed by atoms with van der Waals surface area (Å²) >= 11 is 0. The quantitative estimate of drug-likeness (QED) is 0.917. The molecule has 0 unspecified atom stereocenters. The molecule has 0 aromatic heterocycles. The Kier molecular flexibility index (Phi) is 5.45. The molecule has 3 rings (SSSR count). The van der Waals surface area contributed by atoms with Crippen LogP contribution in [0.25, 0.3) is 0 Å². The first-order chi connectivity index (χ1) is 10.5. The van der Waals surface area contributed by atoms with Gasteiger partial charge in [-0.15, -0.1) is 12.4 Å². The fourth-order valence-electron chi connectivity index (χ4n) is 3.12. The van der Waals surface area contributed by atoms with Crippen molar-refractivity contribution in [2.24, 2.45) is 5.73 Å². The van der Waals surface area contributed by atoms with Gasteiger partial charge in [0.05, 0.1) is 9.79 Å². The Labute approximate surface area is 142 Å². The van der Waals surface area contributed by atoms with Gasteiger partial charge in [0.25, 0.3) is 0 Å². The van der Waals surface area contributed by atoms with E-state index in [9.17, 15) is 12.8 Å². The largest absolute Gasteiger partial charge is 0.330 e. The highest BCUT2D eigenvalue weighted by Crippen LogP contribution is 2.35. The number of aryl methyl sites for hydroxylation is 1. The van der Waals surface area contributed by atoms with Crippen LogP contribution in [0.5, 0.6) is 0 Å². The van der Waals surface area contributed by atoms with Gasteiger partial charge in [-0.05, 0) is 67.1 Å². The smallest absolute Gasteiger partial charge is 0.206 e. The molecule has 1 aliphatic carbocycles. The van der Waals surface area contributed by atoms with E-state index in [4.69, 9.17) is 5.73 Å². The van der Waals surface area contributed by atoms with Crippen molar-refractivity contribution in [3.8, 4) is 0 Å².